The Morgan fingerprint density at radius 3 is 2.29 bits per heavy atom. The van der Waals surface area contributed by atoms with Gasteiger partial charge in [-0.1, -0.05) is 12.1 Å². The van der Waals surface area contributed by atoms with E-state index in [1.165, 1.54) is 6.92 Å². The van der Waals surface area contributed by atoms with Crippen molar-refractivity contribution >= 4 is 11.6 Å². The highest BCUT2D eigenvalue weighted by atomic mass is 16.3. The molecule has 0 radical (unpaired) electrons. The lowest BCUT2D eigenvalue weighted by Gasteiger charge is -1.99. The summed E-state index contributed by atoms with van der Waals surface area (Å²) >= 11 is 0. The van der Waals surface area contributed by atoms with Crippen molar-refractivity contribution in [3.63, 3.8) is 0 Å². The van der Waals surface area contributed by atoms with Crippen molar-refractivity contribution in [2.45, 2.75) is 19.8 Å². The summed E-state index contributed by atoms with van der Waals surface area (Å²) < 4.78 is 0. The second kappa shape index (κ2) is 4.56. The third-order valence-corrected chi connectivity index (χ3v) is 1.97. The zero-order valence-corrected chi connectivity index (χ0v) is 7.99. The zero-order valence-electron chi connectivity index (χ0n) is 7.99. The van der Waals surface area contributed by atoms with Crippen LogP contribution in [0.5, 0.6) is 5.75 Å². The molecule has 1 aromatic carbocycles. The van der Waals surface area contributed by atoms with Gasteiger partial charge in [-0.2, -0.15) is 0 Å². The minimum absolute atomic E-state index is 0.201. The lowest BCUT2D eigenvalue weighted by molar-refractivity contribution is -0.135. The molecule has 1 aromatic rings. The molecule has 3 heteroatoms. The van der Waals surface area contributed by atoms with E-state index in [4.69, 9.17) is 5.11 Å². The normalized spacial score (nSPS) is 9.79. The highest BCUT2D eigenvalue weighted by Crippen LogP contribution is 2.11. The molecule has 0 aliphatic heterocycles. The van der Waals surface area contributed by atoms with E-state index in [1.807, 2.05) is 0 Å². The monoisotopic (exact) mass is 192 g/mol. The van der Waals surface area contributed by atoms with Crippen molar-refractivity contribution < 1.29 is 14.7 Å². The molecule has 1 N–H and O–H groups in total. The van der Waals surface area contributed by atoms with Gasteiger partial charge in [-0.25, -0.2) is 0 Å². The van der Waals surface area contributed by atoms with Crippen LogP contribution < -0.4 is 0 Å². The van der Waals surface area contributed by atoms with E-state index in [0.717, 1.165) is 5.56 Å². The summed E-state index contributed by atoms with van der Waals surface area (Å²) in [4.78, 5) is 21.6. The Labute approximate surface area is 82.4 Å². The summed E-state index contributed by atoms with van der Waals surface area (Å²) in [6.07, 6.45) is 0.777. The maximum Gasteiger partial charge on any atom is 0.198 e. The summed E-state index contributed by atoms with van der Waals surface area (Å²) in [5.41, 5.74) is 0.942. The van der Waals surface area contributed by atoms with Crippen LogP contribution in [0.25, 0.3) is 0 Å². The molecule has 0 bridgehead atoms. The van der Waals surface area contributed by atoms with Crippen LogP contribution in [0.15, 0.2) is 24.3 Å². The second-order valence-corrected chi connectivity index (χ2v) is 3.15. The molecule has 0 aliphatic carbocycles. The van der Waals surface area contributed by atoms with Crippen LogP contribution in [0.2, 0.25) is 0 Å². The number of aryl methyl sites for hydroxylation is 1. The average molecular weight is 192 g/mol. The van der Waals surface area contributed by atoms with Crippen LogP contribution in [-0.2, 0) is 16.0 Å². The van der Waals surface area contributed by atoms with E-state index >= 15 is 0 Å². The molecule has 0 saturated carbocycles. The molecule has 3 nitrogen and oxygen atoms in total. The Morgan fingerprint density at radius 2 is 1.79 bits per heavy atom. The van der Waals surface area contributed by atoms with Gasteiger partial charge in [-0.05, 0) is 24.1 Å². The second-order valence-electron chi connectivity index (χ2n) is 3.15. The van der Waals surface area contributed by atoms with Crippen molar-refractivity contribution in [1.29, 1.82) is 0 Å². The van der Waals surface area contributed by atoms with Crippen LogP contribution >= 0.6 is 0 Å². The molecule has 14 heavy (non-hydrogen) atoms. The maximum absolute atomic E-state index is 11.0. The average Bonchev–Trinajstić information content (AvgIpc) is 2.16. The molecule has 74 valence electrons. The van der Waals surface area contributed by atoms with E-state index in [0.29, 0.717) is 6.42 Å². The number of Topliss-reactive ketones (excluding diaryl/α,β-unsaturated/α-hetero) is 2. The Morgan fingerprint density at radius 1 is 1.21 bits per heavy atom. The first kappa shape index (κ1) is 10.4. The molecule has 0 spiro atoms. The Kier molecular flexibility index (Phi) is 3.40. The summed E-state index contributed by atoms with van der Waals surface area (Å²) in [6.45, 7) is 1.28. The fourth-order valence-corrected chi connectivity index (χ4v) is 1.10. The maximum atomic E-state index is 11.0. The molecular weight excluding hydrogens is 180 g/mol. The van der Waals surface area contributed by atoms with Gasteiger partial charge in [-0.15, -0.1) is 0 Å². The molecule has 0 saturated heterocycles. The molecule has 0 unspecified atom stereocenters. The van der Waals surface area contributed by atoms with Gasteiger partial charge >= 0.3 is 0 Å². The number of ketones is 2. The lowest BCUT2D eigenvalue weighted by Crippen LogP contribution is -2.09. The number of benzene rings is 1. The highest BCUT2D eigenvalue weighted by Gasteiger charge is 2.07. The SMILES string of the molecule is CC(=O)C(=O)CCc1ccc(O)cc1. The number of aromatic hydroxyl groups is 1. The summed E-state index contributed by atoms with van der Waals surface area (Å²) in [6, 6.07) is 6.60. The van der Waals surface area contributed by atoms with Crippen LogP contribution in [0, 0.1) is 0 Å². The van der Waals surface area contributed by atoms with Gasteiger partial charge in [0.2, 0.25) is 0 Å². The molecular formula is C11H12O3. The Bertz CT molecular complexity index is 338. The van der Waals surface area contributed by atoms with Crippen LogP contribution in [0.1, 0.15) is 18.9 Å². The lowest BCUT2D eigenvalue weighted by atomic mass is 10.1. The van der Waals surface area contributed by atoms with Crippen molar-refractivity contribution in [2.75, 3.05) is 0 Å². The number of phenolic OH excluding ortho intramolecular Hbond substituents is 1. The van der Waals surface area contributed by atoms with Crippen molar-refractivity contribution in [1.82, 2.24) is 0 Å². The van der Waals surface area contributed by atoms with Crippen molar-refractivity contribution in [3.8, 4) is 5.75 Å². The van der Waals surface area contributed by atoms with Crippen LogP contribution in [0.4, 0.5) is 0 Å². The topological polar surface area (TPSA) is 54.4 Å². The first-order valence-electron chi connectivity index (χ1n) is 4.41. The predicted octanol–water partition coefficient (Wildman–Crippen LogP) is 1.48. The van der Waals surface area contributed by atoms with Gasteiger partial charge in [-0.3, -0.25) is 9.59 Å². The van der Waals surface area contributed by atoms with Gasteiger partial charge in [0.15, 0.2) is 11.6 Å². The third-order valence-electron chi connectivity index (χ3n) is 1.97. The van der Waals surface area contributed by atoms with Crippen molar-refractivity contribution in [3.05, 3.63) is 29.8 Å². The molecule has 0 fully saturated rings. The van der Waals surface area contributed by atoms with Gasteiger partial charge in [0, 0.05) is 13.3 Å². The first-order valence-corrected chi connectivity index (χ1v) is 4.41. The highest BCUT2D eigenvalue weighted by molar-refractivity contribution is 6.36. The predicted molar refractivity (Wildman–Crippen MR) is 52.1 cm³/mol. The quantitative estimate of drug-likeness (QED) is 0.735. The minimum Gasteiger partial charge on any atom is -0.508 e. The molecule has 0 aromatic heterocycles. The van der Waals surface area contributed by atoms with Crippen LogP contribution in [-0.4, -0.2) is 16.7 Å². The number of carbonyl (C=O) groups is 2. The molecule has 0 atom stereocenters. The van der Waals surface area contributed by atoms with Gasteiger partial charge in [0.05, 0.1) is 0 Å². The number of rotatable bonds is 4. The molecule has 0 heterocycles. The van der Waals surface area contributed by atoms with Gasteiger partial charge in [0.1, 0.15) is 5.75 Å². The van der Waals surface area contributed by atoms with Crippen LogP contribution in [0.3, 0.4) is 0 Å². The number of phenols is 1. The smallest absolute Gasteiger partial charge is 0.198 e. The van der Waals surface area contributed by atoms with E-state index in [9.17, 15) is 9.59 Å². The number of carbonyl (C=O) groups excluding carboxylic acids is 2. The molecule has 1 rings (SSSR count). The van der Waals surface area contributed by atoms with Gasteiger partial charge < -0.3 is 5.11 Å². The summed E-state index contributed by atoms with van der Waals surface area (Å²) in [7, 11) is 0. The van der Waals surface area contributed by atoms with E-state index in [-0.39, 0.29) is 18.0 Å². The number of hydrogen-bond acceptors (Lipinski definition) is 3. The fourth-order valence-electron chi connectivity index (χ4n) is 1.10. The van der Waals surface area contributed by atoms with E-state index in [2.05, 4.69) is 0 Å². The zero-order chi connectivity index (χ0) is 10.6. The molecule has 0 aliphatic rings. The standard InChI is InChI=1S/C11H12O3/c1-8(12)11(14)7-4-9-2-5-10(13)6-3-9/h2-3,5-6,13H,4,7H2,1H3. The Balaban J connectivity index is 2.50. The van der Waals surface area contributed by atoms with Crippen molar-refractivity contribution in [2.24, 2.45) is 0 Å². The van der Waals surface area contributed by atoms with E-state index < -0.39 is 5.78 Å². The molecule has 0 amide bonds. The Hall–Kier alpha value is -1.64. The fraction of sp³-hybridized carbons (Fsp3) is 0.273. The van der Waals surface area contributed by atoms with Gasteiger partial charge in [0.25, 0.3) is 0 Å². The first-order chi connectivity index (χ1) is 6.59. The van der Waals surface area contributed by atoms with E-state index in [1.54, 1.807) is 24.3 Å². The minimum atomic E-state index is -0.399. The number of hydrogen-bond donors (Lipinski definition) is 1. The third kappa shape index (κ3) is 3.01. The summed E-state index contributed by atoms with van der Waals surface area (Å²) in [5, 5.41) is 9.00. The summed E-state index contributed by atoms with van der Waals surface area (Å²) in [5.74, 6) is -0.548. The largest absolute Gasteiger partial charge is 0.508 e.